The van der Waals surface area contributed by atoms with Crippen molar-refractivity contribution in [2.75, 3.05) is 4.90 Å². The molecule has 0 aliphatic carbocycles. The fourth-order valence-corrected chi connectivity index (χ4v) is 7.95. The number of para-hydroxylation sites is 3. The van der Waals surface area contributed by atoms with Gasteiger partial charge >= 0.3 is 0 Å². The number of hydrogen-bond donors (Lipinski definition) is 0. The largest absolute Gasteiger partial charge is 0.454 e. The summed E-state index contributed by atoms with van der Waals surface area (Å²) < 4.78 is 15.5. The third-order valence-corrected chi connectivity index (χ3v) is 10.4. The molecule has 3 aromatic heterocycles. The summed E-state index contributed by atoms with van der Waals surface area (Å²) in [6.07, 6.45) is 0. The zero-order valence-corrected chi connectivity index (χ0v) is 29.1. The first-order valence-electron chi connectivity index (χ1n) is 18.1. The third-order valence-electron chi connectivity index (χ3n) is 10.4. The molecule has 0 N–H and O–H groups in total. The highest BCUT2D eigenvalue weighted by Crippen LogP contribution is 2.45. The number of nitrogens with zero attached hydrogens (tertiary/aromatic N) is 3. The smallest absolute Gasteiger partial charge is 0.227 e. The molecule has 0 spiro atoms. The summed E-state index contributed by atoms with van der Waals surface area (Å²) >= 11 is 0. The maximum Gasteiger partial charge on any atom is 0.227 e. The average Bonchev–Trinajstić information content (AvgIpc) is 3.94. The molecule has 0 unspecified atom stereocenters. The van der Waals surface area contributed by atoms with Gasteiger partial charge in [-0.3, -0.25) is 0 Å². The van der Waals surface area contributed by atoms with Crippen molar-refractivity contribution in [2.45, 2.75) is 0 Å². The van der Waals surface area contributed by atoms with Gasteiger partial charge in [0.15, 0.2) is 11.2 Å². The van der Waals surface area contributed by atoms with Crippen LogP contribution >= 0.6 is 0 Å². The second-order valence-corrected chi connectivity index (χ2v) is 13.6. The van der Waals surface area contributed by atoms with Gasteiger partial charge in [-0.2, -0.15) is 0 Å². The molecule has 54 heavy (non-hydrogen) atoms. The summed E-state index contributed by atoms with van der Waals surface area (Å²) in [4.78, 5) is 7.32. The number of benzene rings is 8. The van der Waals surface area contributed by atoms with Crippen LogP contribution in [0.4, 0.5) is 17.1 Å². The highest BCUT2D eigenvalue weighted by Gasteiger charge is 2.23. The van der Waals surface area contributed by atoms with Crippen LogP contribution < -0.4 is 4.90 Å². The van der Waals surface area contributed by atoms with Gasteiger partial charge in [0, 0.05) is 38.8 Å². The lowest BCUT2D eigenvalue weighted by atomic mass is 10.0. The van der Waals surface area contributed by atoms with E-state index in [9.17, 15) is 0 Å². The number of fused-ring (bicyclic) bond motifs is 8. The van der Waals surface area contributed by atoms with Crippen LogP contribution in [-0.4, -0.2) is 9.55 Å². The molecule has 0 saturated carbocycles. The maximum absolute atomic E-state index is 6.82. The van der Waals surface area contributed by atoms with Crippen molar-refractivity contribution < 1.29 is 8.83 Å². The van der Waals surface area contributed by atoms with Gasteiger partial charge in [-0.15, -0.1) is 0 Å². The third kappa shape index (κ3) is 4.76. The number of oxazole rings is 1. The molecule has 3 heterocycles. The molecule has 0 bridgehead atoms. The molecule has 0 amide bonds. The Morgan fingerprint density at radius 3 is 1.87 bits per heavy atom. The summed E-state index contributed by atoms with van der Waals surface area (Å²) in [7, 11) is 0. The Bertz CT molecular complexity index is 3140. The van der Waals surface area contributed by atoms with Gasteiger partial charge in [0.2, 0.25) is 5.89 Å². The van der Waals surface area contributed by atoms with Gasteiger partial charge in [-0.05, 0) is 83.9 Å². The second kappa shape index (κ2) is 12.1. The monoisotopic (exact) mass is 693 g/mol. The van der Waals surface area contributed by atoms with Crippen molar-refractivity contribution >= 4 is 71.9 Å². The molecule has 8 aromatic carbocycles. The predicted octanol–water partition coefficient (Wildman–Crippen LogP) is 13.6. The van der Waals surface area contributed by atoms with E-state index in [1.54, 1.807) is 0 Å². The Kier molecular flexibility index (Phi) is 6.79. The van der Waals surface area contributed by atoms with E-state index in [-0.39, 0.29) is 0 Å². The normalized spacial score (nSPS) is 11.7. The standard InChI is InChI=1S/C49H31N3O2/c1-4-13-32(14-5-1)33-23-25-36(26-24-33)51(37-27-28-39-38-19-10-11-21-41(38)52(43(39)31-37)35-17-8-3-9-18-35)42-22-12-20-40-46-44(53-48(40)42)29-30-45-47(46)50-49(54-45)34-15-6-2-7-16-34/h1-31H. The van der Waals surface area contributed by atoms with E-state index in [4.69, 9.17) is 13.8 Å². The van der Waals surface area contributed by atoms with Crippen LogP contribution in [-0.2, 0) is 0 Å². The number of furan rings is 1. The van der Waals surface area contributed by atoms with Crippen LogP contribution in [0.3, 0.4) is 0 Å². The Balaban J connectivity index is 1.15. The van der Waals surface area contributed by atoms with E-state index < -0.39 is 0 Å². The second-order valence-electron chi connectivity index (χ2n) is 13.6. The molecule has 0 atom stereocenters. The van der Waals surface area contributed by atoms with Crippen molar-refractivity contribution in [1.82, 2.24) is 9.55 Å². The maximum atomic E-state index is 6.82. The van der Waals surface area contributed by atoms with Gasteiger partial charge in [-0.25, -0.2) is 4.98 Å². The highest BCUT2D eigenvalue weighted by molar-refractivity contribution is 6.19. The van der Waals surface area contributed by atoms with Crippen LogP contribution in [0.2, 0.25) is 0 Å². The molecule has 11 aromatic rings. The summed E-state index contributed by atoms with van der Waals surface area (Å²) in [6, 6.07) is 65.6. The van der Waals surface area contributed by atoms with Crippen molar-refractivity contribution in [3.8, 4) is 28.3 Å². The van der Waals surface area contributed by atoms with Gasteiger partial charge < -0.3 is 18.3 Å². The van der Waals surface area contributed by atoms with Gasteiger partial charge in [0.25, 0.3) is 0 Å². The van der Waals surface area contributed by atoms with Crippen LogP contribution in [0.5, 0.6) is 0 Å². The van der Waals surface area contributed by atoms with Gasteiger partial charge in [0.1, 0.15) is 11.1 Å². The summed E-state index contributed by atoms with van der Waals surface area (Å²) in [5.74, 6) is 0.589. The molecule has 5 nitrogen and oxygen atoms in total. The van der Waals surface area contributed by atoms with Gasteiger partial charge in [-0.1, -0.05) is 115 Å². The Morgan fingerprint density at radius 1 is 0.444 bits per heavy atom. The van der Waals surface area contributed by atoms with E-state index in [0.717, 1.165) is 72.4 Å². The number of rotatable bonds is 6. The topological polar surface area (TPSA) is 47.3 Å². The first-order chi connectivity index (χ1) is 26.8. The van der Waals surface area contributed by atoms with Crippen molar-refractivity contribution in [3.63, 3.8) is 0 Å². The summed E-state index contributed by atoms with van der Waals surface area (Å²) in [5, 5.41) is 4.33. The molecule has 11 rings (SSSR count). The van der Waals surface area contributed by atoms with Crippen molar-refractivity contribution in [1.29, 1.82) is 0 Å². The molecule has 5 heteroatoms. The van der Waals surface area contributed by atoms with E-state index in [1.807, 2.05) is 48.5 Å². The zero-order valence-electron chi connectivity index (χ0n) is 29.1. The van der Waals surface area contributed by atoms with Crippen LogP contribution in [0.25, 0.3) is 83.1 Å². The minimum atomic E-state index is 0.589. The zero-order chi connectivity index (χ0) is 35.6. The van der Waals surface area contributed by atoms with E-state index in [1.165, 1.54) is 21.9 Å². The van der Waals surface area contributed by atoms with E-state index >= 15 is 0 Å². The minimum absolute atomic E-state index is 0.589. The lowest BCUT2D eigenvalue weighted by Gasteiger charge is -2.26. The Labute approximate surface area is 310 Å². The minimum Gasteiger partial charge on any atom is -0.454 e. The lowest BCUT2D eigenvalue weighted by molar-refractivity contribution is 0.619. The van der Waals surface area contributed by atoms with E-state index in [2.05, 4.69) is 149 Å². The summed E-state index contributed by atoms with van der Waals surface area (Å²) in [5.41, 5.74) is 12.7. The first kappa shape index (κ1) is 30.3. The highest BCUT2D eigenvalue weighted by atomic mass is 16.4. The Morgan fingerprint density at radius 2 is 1.07 bits per heavy atom. The fourth-order valence-electron chi connectivity index (χ4n) is 7.95. The number of aromatic nitrogens is 2. The molecule has 0 saturated heterocycles. The van der Waals surface area contributed by atoms with Crippen LogP contribution in [0.1, 0.15) is 0 Å². The van der Waals surface area contributed by atoms with Crippen LogP contribution in [0.15, 0.2) is 197 Å². The average molecular weight is 694 g/mol. The molecule has 0 fully saturated rings. The molecule has 0 radical (unpaired) electrons. The van der Waals surface area contributed by atoms with Gasteiger partial charge in [0.05, 0.1) is 22.1 Å². The van der Waals surface area contributed by atoms with Crippen molar-refractivity contribution in [3.05, 3.63) is 188 Å². The first-order valence-corrected chi connectivity index (χ1v) is 18.1. The van der Waals surface area contributed by atoms with Crippen LogP contribution in [0, 0.1) is 0 Å². The van der Waals surface area contributed by atoms with Crippen molar-refractivity contribution in [2.24, 2.45) is 0 Å². The number of hydrogen-bond acceptors (Lipinski definition) is 4. The number of anilines is 3. The predicted molar refractivity (Wildman–Crippen MR) is 221 cm³/mol. The lowest BCUT2D eigenvalue weighted by Crippen LogP contribution is -2.10. The summed E-state index contributed by atoms with van der Waals surface area (Å²) in [6.45, 7) is 0. The van der Waals surface area contributed by atoms with E-state index in [0.29, 0.717) is 5.89 Å². The molecular weight excluding hydrogens is 663 g/mol. The SMILES string of the molecule is c1ccc(-c2ccc(N(c3ccc4c5ccccc5n(-c5ccccc5)c4c3)c3cccc4c3oc3ccc5oc(-c6ccccc6)nc5c34)cc2)cc1. The molecule has 254 valence electrons. The fraction of sp³-hybridized carbons (Fsp3) is 0. The molecular formula is C49H31N3O2. The molecule has 0 aliphatic rings. The molecule has 0 aliphatic heterocycles. The Hall–Kier alpha value is -7.37. The quantitative estimate of drug-likeness (QED) is 0.174.